The molecule has 0 aliphatic carbocycles. The van der Waals surface area contributed by atoms with E-state index in [4.69, 9.17) is 4.74 Å². The lowest BCUT2D eigenvalue weighted by molar-refractivity contribution is -0.0299. The van der Waals surface area contributed by atoms with Gasteiger partial charge in [0.05, 0.1) is 12.4 Å². The molecule has 164 valence electrons. The molecule has 3 heterocycles. The molecule has 2 aromatic carbocycles. The summed E-state index contributed by atoms with van der Waals surface area (Å²) in [6.07, 6.45) is -0.235. The molecule has 2 aromatic heterocycles. The fourth-order valence-electron chi connectivity index (χ4n) is 4.22. The third-order valence-electron chi connectivity index (χ3n) is 5.99. The molecule has 3 N–H and O–H groups in total. The molecule has 0 bridgehead atoms. The van der Waals surface area contributed by atoms with Gasteiger partial charge in [0, 0.05) is 12.5 Å². The number of hydrogen-bond donors (Lipinski definition) is 3. The Labute approximate surface area is 185 Å². The van der Waals surface area contributed by atoms with Crippen molar-refractivity contribution >= 4 is 17.0 Å². The number of anilines is 1. The molecule has 0 spiro atoms. The van der Waals surface area contributed by atoms with Gasteiger partial charge in [0.2, 0.25) is 0 Å². The molecular formula is C24H25N5O3. The fourth-order valence-corrected chi connectivity index (χ4v) is 4.22. The summed E-state index contributed by atoms with van der Waals surface area (Å²) in [6.45, 7) is 2.34. The van der Waals surface area contributed by atoms with E-state index < -0.39 is 24.5 Å². The van der Waals surface area contributed by atoms with Crippen LogP contribution >= 0.6 is 0 Å². The van der Waals surface area contributed by atoms with E-state index in [1.54, 1.807) is 17.8 Å². The van der Waals surface area contributed by atoms with Gasteiger partial charge in [-0.15, -0.1) is 0 Å². The Kier molecular flexibility index (Phi) is 5.57. The van der Waals surface area contributed by atoms with Crippen LogP contribution in [0, 0.1) is 0 Å². The minimum atomic E-state index is -1.06. The van der Waals surface area contributed by atoms with Crippen LogP contribution in [0.3, 0.4) is 0 Å². The van der Waals surface area contributed by atoms with Crippen molar-refractivity contribution in [3.8, 4) is 0 Å². The summed E-state index contributed by atoms with van der Waals surface area (Å²) in [5.74, 6) is 0.729. The van der Waals surface area contributed by atoms with E-state index >= 15 is 0 Å². The van der Waals surface area contributed by atoms with Gasteiger partial charge in [0.1, 0.15) is 18.5 Å². The second kappa shape index (κ2) is 8.66. The van der Waals surface area contributed by atoms with Crippen LogP contribution < -0.4 is 5.32 Å². The molecule has 1 saturated heterocycles. The van der Waals surface area contributed by atoms with E-state index in [9.17, 15) is 10.2 Å². The lowest BCUT2D eigenvalue weighted by Gasteiger charge is -2.19. The topological polar surface area (TPSA) is 105 Å². The van der Waals surface area contributed by atoms with Crippen molar-refractivity contribution in [2.75, 3.05) is 11.9 Å². The predicted octanol–water partition coefficient (Wildman–Crippen LogP) is 2.71. The zero-order valence-electron chi connectivity index (χ0n) is 17.6. The Morgan fingerprint density at radius 2 is 1.59 bits per heavy atom. The third kappa shape index (κ3) is 3.73. The third-order valence-corrected chi connectivity index (χ3v) is 5.99. The van der Waals surface area contributed by atoms with E-state index in [0.717, 1.165) is 0 Å². The van der Waals surface area contributed by atoms with Crippen LogP contribution in [-0.2, 0) is 4.74 Å². The minimum Gasteiger partial charge on any atom is -0.388 e. The van der Waals surface area contributed by atoms with Gasteiger partial charge in [-0.1, -0.05) is 60.7 Å². The molecule has 8 heteroatoms. The highest BCUT2D eigenvalue weighted by Crippen LogP contribution is 2.32. The van der Waals surface area contributed by atoms with Gasteiger partial charge in [-0.3, -0.25) is 4.57 Å². The number of rotatable bonds is 6. The maximum Gasteiger partial charge on any atom is 0.167 e. The average Bonchev–Trinajstić information content (AvgIpc) is 3.37. The molecule has 0 saturated carbocycles. The molecule has 4 atom stereocenters. The van der Waals surface area contributed by atoms with E-state index in [-0.39, 0.29) is 5.92 Å². The predicted molar refractivity (Wildman–Crippen MR) is 120 cm³/mol. The van der Waals surface area contributed by atoms with Crippen LogP contribution in [0.15, 0.2) is 73.3 Å². The summed E-state index contributed by atoms with van der Waals surface area (Å²) in [5, 5.41) is 23.9. The van der Waals surface area contributed by atoms with Gasteiger partial charge in [0.25, 0.3) is 0 Å². The van der Waals surface area contributed by atoms with Crippen molar-refractivity contribution in [2.45, 2.75) is 37.4 Å². The Hall–Kier alpha value is -3.33. The number of aromatic nitrogens is 4. The molecule has 8 nitrogen and oxygen atoms in total. The normalized spacial score (nSPS) is 23.1. The highest BCUT2D eigenvalue weighted by atomic mass is 16.6. The van der Waals surface area contributed by atoms with E-state index in [2.05, 4.69) is 44.5 Å². The maximum atomic E-state index is 10.4. The first-order valence-electron chi connectivity index (χ1n) is 10.7. The van der Waals surface area contributed by atoms with Crippen molar-refractivity contribution < 1.29 is 14.9 Å². The lowest BCUT2D eigenvalue weighted by atomic mass is 9.91. The summed E-state index contributed by atoms with van der Waals surface area (Å²) in [5.41, 5.74) is 3.51. The fraction of sp³-hybridized carbons (Fsp3) is 0.292. The number of fused-ring (bicyclic) bond motifs is 1. The summed E-state index contributed by atoms with van der Waals surface area (Å²) < 4.78 is 7.38. The molecule has 0 radical (unpaired) electrons. The summed E-state index contributed by atoms with van der Waals surface area (Å²) in [4.78, 5) is 13.2. The zero-order valence-corrected chi connectivity index (χ0v) is 17.6. The SMILES string of the molecule is C[C@H]1O[C@@H](n2cnc3c(NCC(c4ccccc4)c4ccccc4)ncnc32)[C@H](O)[C@@H]1O. The van der Waals surface area contributed by atoms with Crippen molar-refractivity contribution in [2.24, 2.45) is 0 Å². The first kappa shape index (κ1) is 20.6. The van der Waals surface area contributed by atoms with Crippen LogP contribution in [0.25, 0.3) is 11.2 Å². The highest BCUT2D eigenvalue weighted by molar-refractivity contribution is 5.82. The van der Waals surface area contributed by atoms with Gasteiger partial charge >= 0.3 is 0 Å². The molecule has 32 heavy (non-hydrogen) atoms. The van der Waals surface area contributed by atoms with Crippen LogP contribution in [0.1, 0.15) is 30.2 Å². The van der Waals surface area contributed by atoms with Crippen LogP contribution in [0.2, 0.25) is 0 Å². The van der Waals surface area contributed by atoms with Crippen molar-refractivity contribution in [3.63, 3.8) is 0 Å². The Balaban J connectivity index is 1.43. The molecule has 0 amide bonds. The standard InChI is InChI=1S/C24H25N5O3/c1-15-20(30)21(31)24(32-15)29-14-28-19-22(26-13-27-23(19)29)25-12-18(16-8-4-2-5-9-16)17-10-6-3-7-11-17/h2-11,13-15,18,20-21,24,30-31H,12H2,1H3,(H,25,26,27)/t15-,20-,21-,24-/m1/s1. The molecule has 0 unspecified atom stereocenters. The van der Waals surface area contributed by atoms with Gasteiger partial charge in [-0.25, -0.2) is 15.0 Å². The monoisotopic (exact) mass is 431 g/mol. The smallest absolute Gasteiger partial charge is 0.167 e. The van der Waals surface area contributed by atoms with E-state index in [1.165, 1.54) is 17.5 Å². The largest absolute Gasteiger partial charge is 0.388 e. The van der Waals surface area contributed by atoms with Gasteiger partial charge in [-0.05, 0) is 18.1 Å². The van der Waals surface area contributed by atoms with Crippen molar-refractivity contribution in [1.82, 2.24) is 19.5 Å². The molecule has 4 aromatic rings. The van der Waals surface area contributed by atoms with E-state index in [1.807, 2.05) is 36.4 Å². The molecule has 1 aliphatic heterocycles. The number of ether oxygens (including phenoxy) is 1. The average molecular weight is 431 g/mol. The zero-order chi connectivity index (χ0) is 22.1. The first-order valence-corrected chi connectivity index (χ1v) is 10.7. The summed E-state index contributed by atoms with van der Waals surface area (Å²) >= 11 is 0. The van der Waals surface area contributed by atoms with E-state index in [0.29, 0.717) is 23.5 Å². The number of nitrogens with zero attached hydrogens (tertiary/aromatic N) is 4. The minimum absolute atomic E-state index is 0.125. The molecule has 1 fully saturated rings. The molecule has 5 rings (SSSR count). The number of nitrogens with one attached hydrogen (secondary N) is 1. The summed E-state index contributed by atoms with van der Waals surface area (Å²) in [7, 11) is 0. The van der Waals surface area contributed by atoms with Crippen molar-refractivity contribution in [1.29, 1.82) is 0 Å². The Morgan fingerprint density at radius 3 is 2.19 bits per heavy atom. The summed E-state index contributed by atoms with van der Waals surface area (Å²) in [6, 6.07) is 20.7. The molecular weight excluding hydrogens is 406 g/mol. The Morgan fingerprint density at radius 1 is 0.938 bits per heavy atom. The first-order chi connectivity index (χ1) is 15.6. The van der Waals surface area contributed by atoms with Crippen LogP contribution in [0.4, 0.5) is 5.82 Å². The number of aliphatic hydroxyl groups excluding tert-OH is 2. The van der Waals surface area contributed by atoms with Gasteiger partial charge in [0.15, 0.2) is 23.2 Å². The second-order valence-electron chi connectivity index (χ2n) is 8.01. The number of hydrogen-bond acceptors (Lipinski definition) is 7. The molecule has 1 aliphatic rings. The second-order valence-corrected chi connectivity index (χ2v) is 8.01. The number of benzene rings is 2. The van der Waals surface area contributed by atoms with Crippen LogP contribution in [-0.4, -0.2) is 54.6 Å². The van der Waals surface area contributed by atoms with Gasteiger partial charge in [-0.2, -0.15) is 0 Å². The lowest BCUT2D eigenvalue weighted by Crippen LogP contribution is -2.30. The quantitative estimate of drug-likeness (QED) is 0.431. The van der Waals surface area contributed by atoms with Crippen LogP contribution in [0.5, 0.6) is 0 Å². The van der Waals surface area contributed by atoms with Crippen molar-refractivity contribution in [3.05, 3.63) is 84.4 Å². The Bertz CT molecular complexity index is 1140. The number of aliphatic hydroxyl groups is 2. The van der Waals surface area contributed by atoms with Gasteiger partial charge < -0.3 is 20.3 Å². The highest BCUT2D eigenvalue weighted by Gasteiger charge is 2.42. The number of imidazole rings is 1. The maximum absolute atomic E-state index is 10.4.